The van der Waals surface area contributed by atoms with Crippen LogP contribution in [0.15, 0.2) is 145 Å². The van der Waals surface area contributed by atoms with E-state index in [0.717, 1.165) is 20.1 Å². The highest BCUT2D eigenvalue weighted by Crippen LogP contribution is 2.16. The van der Waals surface area contributed by atoms with E-state index >= 15 is 0 Å². The van der Waals surface area contributed by atoms with Gasteiger partial charge in [-0.3, -0.25) is 23.5 Å². The second-order valence-corrected chi connectivity index (χ2v) is 14.5. The molecule has 0 spiro atoms. The van der Waals surface area contributed by atoms with Gasteiger partial charge in [0, 0.05) is 39.9 Å². The van der Waals surface area contributed by atoms with Gasteiger partial charge in [-0.15, -0.1) is 6.42 Å². The lowest BCUT2D eigenvalue weighted by Gasteiger charge is -2.05. The van der Waals surface area contributed by atoms with Crippen molar-refractivity contribution in [2.24, 2.45) is 0 Å². The van der Waals surface area contributed by atoms with Gasteiger partial charge in [0.2, 0.25) is 0 Å². The maximum absolute atomic E-state index is 12.9. The predicted octanol–water partition coefficient (Wildman–Crippen LogP) is 7.88. The molecule has 0 amide bonds. The lowest BCUT2D eigenvalue weighted by atomic mass is 10.1. The molecule has 1 N–H and O–H groups in total. The molecular weight excluding hydrogens is 914 g/mol. The lowest BCUT2D eigenvalue weighted by molar-refractivity contribution is 0.186. The summed E-state index contributed by atoms with van der Waals surface area (Å²) in [4.78, 5) is 50.6. The quantitative estimate of drug-likeness (QED) is 0.167. The van der Waals surface area contributed by atoms with E-state index in [1.54, 1.807) is 79.7 Å². The van der Waals surface area contributed by atoms with Crippen molar-refractivity contribution in [3.63, 3.8) is 0 Å². The highest BCUT2D eigenvalue weighted by Gasteiger charge is 2.06. The Morgan fingerprint density at radius 3 is 1.57 bits per heavy atom. The molecule has 8 rings (SSSR count). The zero-order valence-corrected chi connectivity index (χ0v) is 35.9. The average molecular weight is 951 g/mol. The van der Waals surface area contributed by atoms with Gasteiger partial charge in [0.05, 0.1) is 78.0 Å². The monoisotopic (exact) mass is 948 g/mol. The van der Waals surface area contributed by atoms with Crippen molar-refractivity contribution in [2.75, 3.05) is 27.4 Å². The fraction of sp³-hybridized carbons (Fsp3) is 0.130. The van der Waals surface area contributed by atoms with Crippen LogP contribution in [-0.2, 0) is 22.6 Å². The van der Waals surface area contributed by atoms with Crippen molar-refractivity contribution in [3.8, 4) is 24.2 Å². The van der Waals surface area contributed by atoms with E-state index in [9.17, 15) is 23.2 Å². The molecule has 0 atom stereocenters. The standard InChI is InChI=1S/C19H15FN2O2.C11H11BrN2O2.C8H5BrN2O.C8H5F/c1-24-11-10-22-13-21-18-12-15(6-9-17(18)19(22)23)3-2-14-4-7-16(20)8-5-14;1-16-5-4-14-7-13-10-6-8(12)2-3-9(10)11(14)15;9-5-1-2-6-7(3-5)10-4-11-8(6)12;1-2-7-3-5-8(9)6-4-7/h4-9,12-13H,10-11H2,1H3;2-3,6-7H,4-5H2,1H3;1-4H,(H,10,11,12);1,3-6H. The summed E-state index contributed by atoms with van der Waals surface area (Å²) in [5, 5.41) is 1.78. The molecule has 5 aromatic carbocycles. The summed E-state index contributed by atoms with van der Waals surface area (Å²) in [6, 6.07) is 27.9. The number of H-pyrrole nitrogens is 1. The van der Waals surface area contributed by atoms with Gasteiger partial charge in [0.25, 0.3) is 16.7 Å². The van der Waals surface area contributed by atoms with E-state index < -0.39 is 0 Å². The summed E-state index contributed by atoms with van der Waals surface area (Å²) in [5.74, 6) is 7.80. The summed E-state index contributed by atoms with van der Waals surface area (Å²) < 4.78 is 39.9. The number of hydrogen-bond donors (Lipinski definition) is 1. The van der Waals surface area contributed by atoms with Crippen LogP contribution in [0.1, 0.15) is 16.7 Å². The number of fused-ring (bicyclic) bond motifs is 3. The van der Waals surface area contributed by atoms with Crippen molar-refractivity contribution in [3.05, 3.63) is 190 Å². The van der Waals surface area contributed by atoms with Gasteiger partial charge in [-0.2, -0.15) is 0 Å². The van der Waals surface area contributed by atoms with Gasteiger partial charge >= 0.3 is 0 Å². The molecule has 0 aliphatic heterocycles. The fourth-order valence-corrected chi connectivity index (χ4v) is 6.03. The molecule has 0 aliphatic rings. The van der Waals surface area contributed by atoms with Crippen LogP contribution in [0.2, 0.25) is 0 Å². The number of nitrogens with one attached hydrogen (secondary N) is 1. The Bertz CT molecular complexity index is 3050. The minimum atomic E-state index is -0.291. The second-order valence-electron chi connectivity index (χ2n) is 12.7. The van der Waals surface area contributed by atoms with Crippen LogP contribution in [0.3, 0.4) is 0 Å². The van der Waals surface area contributed by atoms with Gasteiger partial charge in [0.15, 0.2) is 0 Å². The molecule has 3 heterocycles. The first-order chi connectivity index (χ1) is 29.5. The number of hydrogen-bond acceptors (Lipinski definition) is 8. The maximum atomic E-state index is 12.9. The Labute approximate surface area is 365 Å². The summed E-state index contributed by atoms with van der Waals surface area (Å²) in [7, 11) is 3.20. The average Bonchev–Trinajstić information content (AvgIpc) is 3.27. The Morgan fingerprint density at radius 2 is 1.05 bits per heavy atom. The number of halogens is 4. The molecule has 8 aromatic rings. The zero-order chi connectivity index (χ0) is 43.7. The lowest BCUT2D eigenvalue weighted by Crippen LogP contribution is -2.22. The Balaban J connectivity index is 0.000000165. The summed E-state index contributed by atoms with van der Waals surface area (Å²) in [6.07, 6.45) is 9.49. The number of aromatic amines is 1. The highest BCUT2D eigenvalue weighted by atomic mass is 79.9. The third-order valence-electron chi connectivity index (χ3n) is 8.50. The fourth-order valence-electron chi connectivity index (χ4n) is 5.33. The van der Waals surface area contributed by atoms with Gasteiger partial charge < -0.3 is 14.5 Å². The van der Waals surface area contributed by atoms with Crippen molar-refractivity contribution in [2.45, 2.75) is 13.1 Å². The molecular formula is C46H36Br2F2N6O5. The van der Waals surface area contributed by atoms with E-state index in [-0.39, 0.29) is 28.3 Å². The molecule has 0 unspecified atom stereocenters. The molecule has 3 aromatic heterocycles. The third-order valence-corrected chi connectivity index (χ3v) is 9.48. The summed E-state index contributed by atoms with van der Waals surface area (Å²) >= 11 is 6.65. The number of nitrogens with zero attached hydrogens (tertiary/aromatic N) is 5. The first kappa shape index (κ1) is 45.5. The summed E-state index contributed by atoms with van der Waals surface area (Å²) in [5.41, 5.74) is 3.93. The molecule has 0 saturated heterocycles. The molecule has 308 valence electrons. The molecule has 0 bridgehead atoms. The number of aromatic nitrogens is 6. The number of benzene rings is 5. The van der Waals surface area contributed by atoms with Gasteiger partial charge in [0.1, 0.15) is 11.6 Å². The van der Waals surface area contributed by atoms with Crippen molar-refractivity contribution < 1.29 is 18.3 Å². The van der Waals surface area contributed by atoms with Crippen molar-refractivity contribution in [1.82, 2.24) is 29.1 Å². The number of terminal acetylenes is 1. The Hall–Kier alpha value is -6.62. The van der Waals surface area contributed by atoms with Gasteiger partial charge in [-0.25, -0.2) is 23.7 Å². The molecule has 0 fully saturated rings. The van der Waals surface area contributed by atoms with Crippen LogP contribution in [-0.4, -0.2) is 56.5 Å². The molecule has 11 nitrogen and oxygen atoms in total. The molecule has 15 heteroatoms. The first-order valence-electron chi connectivity index (χ1n) is 18.2. The zero-order valence-electron chi connectivity index (χ0n) is 32.7. The van der Waals surface area contributed by atoms with Crippen molar-refractivity contribution in [1.29, 1.82) is 0 Å². The second kappa shape index (κ2) is 22.7. The van der Waals surface area contributed by atoms with Crippen LogP contribution < -0.4 is 16.7 Å². The van der Waals surface area contributed by atoms with Crippen molar-refractivity contribution >= 4 is 64.6 Å². The highest BCUT2D eigenvalue weighted by molar-refractivity contribution is 9.10. The SMILES string of the molecule is C#Cc1ccc(F)cc1.COCCn1cnc2cc(Br)ccc2c1=O.COCCn1cnc2cc(C#Cc3ccc(F)cc3)ccc2c1=O.O=c1[nH]cnc2cc(Br)ccc12. The maximum Gasteiger partial charge on any atom is 0.261 e. The number of rotatable bonds is 6. The molecule has 0 saturated carbocycles. The largest absolute Gasteiger partial charge is 0.383 e. The summed E-state index contributed by atoms with van der Waals surface area (Å²) in [6.45, 7) is 1.94. The normalized spacial score (nSPS) is 10.2. The minimum Gasteiger partial charge on any atom is -0.383 e. The van der Waals surface area contributed by atoms with E-state index in [4.69, 9.17) is 15.9 Å². The molecule has 0 aliphatic carbocycles. The van der Waals surface area contributed by atoms with E-state index in [0.29, 0.717) is 64.6 Å². The molecule has 61 heavy (non-hydrogen) atoms. The number of ether oxygens (including phenoxy) is 2. The van der Waals surface area contributed by atoms with Crippen LogP contribution in [0.25, 0.3) is 32.7 Å². The van der Waals surface area contributed by atoms with Crippen LogP contribution in [0, 0.1) is 35.8 Å². The van der Waals surface area contributed by atoms with Crippen LogP contribution in [0.5, 0.6) is 0 Å². The van der Waals surface area contributed by atoms with E-state index in [1.807, 2.05) is 24.3 Å². The molecule has 0 radical (unpaired) electrons. The Kier molecular flexibility index (Phi) is 16.9. The van der Waals surface area contributed by atoms with E-state index in [1.165, 1.54) is 41.5 Å². The van der Waals surface area contributed by atoms with E-state index in [2.05, 4.69) is 69.6 Å². The first-order valence-corrected chi connectivity index (χ1v) is 19.8. The number of methoxy groups -OCH3 is 2. The van der Waals surface area contributed by atoms with Crippen LogP contribution >= 0.6 is 31.9 Å². The Morgan fingerprint density at radius 1 is 0.607 bits per heavy atom. The minimum absolute atomic E-state index is 0.0328. The van der Waals surface area contributed by atoms with Crippen LogP contribution in [0.4, 0.5) is 8.78 Å². The third kappa shape index (κ3) is 13.2. The van der Waals surface area contributed by atoms with Gasteiger partial charge in [-0.05, 0) is 103 Å². The smallest absolute Gasteiger partial charge is 0.261 e. The van der Waals surface area contributed by atoms with Gasteiger partial charge in [-0.1, -0.05) is 49.6 Å². The topological polar surface area (TPSA) is 134 Å². The predicted molar refractivity (Wildman–Crippen MR) is 240 cm³/mol.